The molecule has 0 fully saturated rings. The number of nitrogens with zero attached hydrogens (tertiary/aromatic N) is 1. The van der Waals surface area contributed by atoms with Gasteiger partial charge in [0.15, 0.2) is 11.5 Å². The van der Waals surface area contributed by atoms with Crippen molar-refractivity contribution in [3.63, 3.8) is 0 Å². The third-order valence-corrected chi connectivity index (χ3v) is 2.31. The minimum atomic E-state index is -0.810. The zero-order valence-electron chi connectivity index (χ0n) is 8.66. The van der Waals surface area contributed by atoms with Gasteiger partial charge in [0.2, 0.25) is 6.79 Å². The van der Waals surface area contributed by atoms with E-state index in [1.54, 1.807) is 0 Å². The molecule has 8 heteroatoms. The van der Waals surface area contributed by atoms with Crippen LogP contribution in [0.3, 0.4) is 0 Å². The molecule has 0 aromatic heterocycles. The quantitative estimate of drug-likeness (QED) is 0.614. The number of nitro groups is 1. The van der Waals surface area contributed by atoms with Gasteiger partial charge in [0.05, 0.1) is 29.2 Å². The molecule has 1 aliphatic rings. The van der Waals surface area contributed by atoms with Crippen molar-refractivity contribution in [3.05, 3.63) is 27.8 Å². The van der Waals surface area contributed by atoms with Crippen molar-refractivity contribution >= 4 is 18.1 Å². The van der Waals surface area contributed by atoms with Crippen LogP contribution in [0.25, 0.3) is 0 Å². The van der Waals surface area contributed by atoms with E-state index < -0.39 is 11.0 Å². The highest BCUT2D eigenvalue weighted by atomic mass is 35.5. The minimum Gasteiger partial charge on any atom is -0.454 e. The van der Waals surface area contributed by atoms with Gasteiger partial charge in [-0.2, -0.15) is 0 Å². The molecule has 1 aromatic rings. The molecule has 7 nitrogen and oxygen atoms in total. The molecule has 0 saturated carbocycles. The number of nitrogens with two attached hydrogens (primary N) is 1. The van der Waals surface area contributed by atoms with Crippen molar-refractivity contribution < 1.29 is 19.5 Å². The largest absolute Gasteiger partial charge is 0.454 e. The second kappa shape index (κ2) is 5.17. The lowest BCUT2D eigenvalue weighted by Crippen LogP contribution is -2.16. The Kier molecular flexibility index (Phi) is 4.11. The summed E-state index contributed by atoms with van der Waals surface area (Å²) in [5, 5.41) is 19.7. The first-order chi connectivity index (χ1) is 7.63. The van der Waals surface area contributed by atoms with Crippen LogP contribution < -0.4 is 15.2 Å². The maximum atomic E-state index is 10.8. The van der Waals surface area contributed by atoms with Crippen molar-refractivity contribution in [1.82, 2.24) is 0 Å². The number of aliphatic hydroxyl groups is 1. The van der Waals surface area contributed by atoms with Crippen LogP contribution in [-0.2, 0) is 0 Å². The Morgan fingerprint density at radius 1 is 1.47 bits per heavy atom. The summed E-state index contributed by atoms with van der Waals surface area (Å²) in [6.07, 6.45) is 0. The Morgan fingerprint density at radius 2 is 2.06 bits per heavy atom. The third-order valence-electron chi connectivity index (χ3n) is 2.31. The zero-order valence-corrected chi connectivity index (χ0v) is 9.48. The number of hydrogen-bond donors (Lipinski definition) is 2. The van der Waals surface area contributed by atoms with E-state index in [4.69, 9.17) is 20.3 Å². The molecule has 0 bridgehead atoms. The fourth-order valence-electron chi connectivity index (χ4n) is 1.50. The number of benzene rings is 1. The highest BCUT2D eigenvalue weighted by molar-refractivity contribution is 5.85. The molecular formula is C9H11ClN2O5. The predicted molar refractivity (Wildman–Crippen MR) is 60.5 cm³/mol. The van der Waals surface area contributed by atoms with Crippen LogP contribution in [0, 0.1) is 10.1 Å². The van der Waals surface area contributed by atoms with Crippen LogP contribution in [0.1, 0.15) is 11.6 Å². The van der Waals surface area contributed by atoms with E-state index in [0.717, 1.165) is 0 Å². The normalized spacial score (nSPS) is 14.0. The van der Waals surface area contributed by atoms with E-state index in [2.05, 4.69) is 0 Å². The van der Waals surface area contributed by atoms with Crippen molar-refractivity contribution in [2.24, 2.45) is 5.73 Å². The molecule has 3 N–H and O–H groups in total. The van der Waals surface area contributed by atoms with E-state index in [9.17, 15) is 10.1 Å². The van der Waals surface area contributed by atoms with Crippen LogP contribution in [0.5, 0.6) is 11.5 Å². The van der Waals surface area contributed by atoms with Crippen LogP contribution >= 0.6 is 12.4 Å². The first-order valence-electron chi connectivity index (χ1n) is 4.58. The molecule has 0 amide bonds. The number of hydrogen-bond acceptors (Lipinski definition) is 6. The number of ether oxygens (including phenoxy) is 2. The molecule has 0 spiro atoms. The van der Waals surface area contributed by atoms with Crippen LogP contribution in [0.2, 0.25) is 0 Å². The maximum Gasteiger partial charge on any atom is 0.278 e. The molecular weight excluding hydrogens is 252 g/mol. The average Bonchev–Trinajstić information content (AvgIpc) is 2.73. The predicted octanol–water partition coefficient (Wildman–Crippen LogP) is 0.737. The third kappa shape index (κ3) is 2.41. The number of rotatable bonds is 3. The number of halogens is 1. The van der Waals surface area contributed by atoms with Gasteiger partial charge in [-0.3, -0.25) is 10.1 Å². The Morgan fingerprint density at radius 3 is 2.59 bits per heavy atom. The lowest BCUT2D eigenvalue weighted by atomic mass is 10.1. The summed E-state index contributed by atoms with van der Waals surface area (Å²) in [4.78, 5) is 10.3. The molecule has 0 aliphatic carbocycles. The van der Waals surface area contributed by atoms with Crippen molar-refractivity contribution in [2.45, 2.75) is 6.04 Å². The van der Waals surface area contributed by atoms with Gasteiger partial charge in [-0.05, 0) is 6.07 Å². The van der Waals surface area contributed by atoms with E-state index in [-0.39, 0.29) is 37.1 Å². The minimum absolute atomic E-state index is 0. The summed E-state index contributed by atoms with van der Waals surface area (Å²) in [7, 11) is 0. The number of aliphatic hydroxyl groups excluding tert-OH is 1. The molecule has 94 valence electrons. The van der Waals surface area contributed by atoms with Gasteiger partial charge in [0, 0.05) is 0 Å². The van der Waals surface area contributed by atoms with Crippen molar-refractivity contribution in [1.29, 1.82) is 0 Å². The van der Waals surface area contributed by atoms with Crippen LogP contribution in [0.15, 0.2) is 12.1 Å². The van der Waals surface area contributed by atoms with E-state index in [1.165, 1.54) is 12.1 Å². The first-order valence-corrected chi connectivity index (χ1v) is 4.58. The molecule has 1 aliphatic heterocycles. The Labute approximate surface area is 103 Å². The Hall–Kier alpha value is -1.57. The molecule has 1 heterocycles. The fraction of sp³-hybridized carbons (Fsp3) is 0.333. The Bertz CT molecular complexity index is 440. The first kappa shape index (κ1) is 13.5. The second-order valence-corrected chi connectivity index (χ2v) is 3.31. The highest BCUT2D eigenvalue weighted by Gasteiger charge is 2.26. The average molecular weight is 263 g/mol. The van der Waals surface area contributed by atoms with Gasteiger partial charge in [0.25, 0.3) is 5.69 Å². The molecule has 0 unspecified atom stereocenters. The van der Waals surface area contributed by atoms with Crippen LogP contribution in [-0.4, -0.2) is 23.4 Å². The summed E-state index contributed by atoms with van der Waals surface area (Å²) < 4.78 is 10.1. The van der Waals surface area contributed by atoms with Gasteiger partial charge in [-0.25, -0.2) is 0 Å². The van der Waals surface area contributed by atoms with Crippen molar-refractivity contribution in [3.8, 4) is 11.5 Å². The molecule has 1 aromatic carbocycles. The number of nitro benzene ring substituents is 1. The SMILES string of the molecule is Cl.N[C@H](CO)c1cc2c(cc1[N+](=O)[O-])OCO2. The topological polar surface area (TPSA) is 108 Å². The van der Waals surface area contributed by atoms with Gasteiger partial charge in [0.1, 0.15) is 0 Å². The van der Waals surface area contributed by atoms with Gasteiger partial charge in [-0.15, -0.1) is 12.4 Å². The smallest absolute Gasteiger partial charge is 0.278 e. The van der Waals surface area contributed by atoms with Gasteiger partial charge in [-0.1, -0.05) is 0 Å². The highest BCUT2D eigenvalue weighted by Crippen LogP contribution is 2.39. The van der Waals surface area contributed by atoms with Crippen molar-refractivity contribution in [2.75, 3.05) is 13.4 Å². The maximum absolute atomic E-state index is 10.8. The fourth-order valence-corrected chi connectivity index (χ4v) is 1.50. The summed E-state index contributed by atoms with van der Waals surface area (Å²) in [6, 6.07) is 1.88. The molecule has 0 saturated heterocycles. The molecule has 17 heavy (non-hydrogen) atoms. The number of fused-ring (bicyclic) bond motifs is 1. The standard InChI is InChI=1S/C9H10N2O5.ClH/c10-6(3-12)5-1-8-9(16-4-15-8)2-7(5)11(13)14;/h1-2,6,12H,3-4,10H2;1H/t6-;/m1./s1. The molecule has 1 atom stereocenters. The molecule has 0 radical (unpaired) electrons. The lowest BCUT2D eigenvalue weighted by Gasteiger charge is -2.09. The Balaban J connectivity index is 0.00000144. The summed E-state index contributed by atoms with van der Waals surface area (Å²) in [6.45, 7) is -0.342. The van der Waals surface area contributed by atoms with Gasteiger partial charge < -0.3 is 20.3 Å². The van der Waals surface area contributed by atoms with E-state index >= 15 is 0 Å². The monoisotopic (exact) mass is 262 g/mol. The second-order valence-electron chi connectivity index (χ2n) is 3.31. The summed E-state index contributed by atoms with van der Waals surface area (Å²) >= 11 is 0. The molecule has 2 rings (SSSR count). The van der Waals surface area contributed by atoms with E-state index in [1.807, 2.05) is 0 Å². The summed E-state index contributed by atoms with van der Waals surface area (Å²) in [5.41, 5.74) is 5.63. The van der Waals surface area contributed by atoms with Gasteiger partial charge >= 0.3 is 0 Å². The zero-order chi connectivity index (χ0) is 11.7. The lowest BCUT2D eigenvalue weighted by molar-refractivity contribution is -0.385. The summed E-state index contributed by atoms with van der Waals surface area (Å²) in [5.74, 6) is 0.727. The van der Waals surface area contributed by atoms with Crippen LogP contribution in [0.4, 0.5) is 5.69 Å². The van der Waals surface area contributed by atoms with E-state index in [0.29, 0.717) is 11.5 Å².